The maximum atomic E-state index is 12.1. The Hall–Kier alpha value is -2.30. The molecule has 1 saturated heterocycles. The first-order valence-electron chi connectivity index (χ1n) is 5.54. The van der Waals surface area contributed by atoms with Crippen LogP contribution in [0.4, 0.5) is 10.5 Å². The number of hydrogen-bond acceptors (Lipinski definition) is 3. The van der Waals surface area contributed by atoms with Gasteiger partial charge < -0.3 is 9.64 Å². The highest BCUT2D eigenvalue weighted by Crippen LogP contribution is 2.30. The van der Waals surface area contributed by atoms with Crippen molar-refractivity contribution in [1.29, 1.82) is 0 Å². The number of amides is 3. The molecule has 0 bridgehead atoms. The van der Waals surface area contributed by atoms with Crippen molar-refractivity contribution < 1.29 is 14.3 Å². The molecular weight excluding hydrogens is 232 g/mol. The van der Waals surface area contributed by atoms with Gasteiger partial charge in [0.05, 0.1) is 12.8 Å². The molecule has 0 unspecified atom stereocenters. The van der Waals surface area contributed by atoms with Gasteiger partial charge in [0.1, 0.15) is 12.3 Å². The highest BCUT2D eigenvalue weighted by molar-refractivity contribution is 6.20. The summed E-state index contributed by atoms with van der Waals surface area (Å²) in [4.78, 5) is 26.6. The molecule has 0 radical (unpaired) electrons. The van der Waals surface area contributed by atoms with Crippen LogP contribution in [0.25, 0.3) is 0 Å². The van der Waals surface area contributed by atoms with Crippen LogP contribution >= 0.6 is 0 Å². The number of para-hydroxylation sites is 2. The van der Waals surface area contributed by atoms with Gasteiger partial charge in [-0.2, -0.15) is 0 Å². The normalized spacial score (nSPS) is 15.2. The standard InChI is InChI=1S/C13H14N2O3/c1-3-8-14-9-12(16)15(13(14)17)10-6-4-5-7-11(10)18-2/h3-7H,1,8-9H2,2H3. The summed E-state index contributed by atoms with van der Waals surface area (Å²) < 4.78 is 5.16. The van der Waals surface area contributed by atoms with Crippen LogP contribution in [0.5, 0.6) is 5.75 Å². The van der Waals surface area contributed by atoms with Crippen molar-refractivity contribution in [1.82, 2.24) is 4.90 Å². The van der Waals surface area contributed by atoms with E-state index in [0.717, 1.165) is 4.90 Å². The molecule has 18 heavy (non-hydrogen) atoms. The van der Waals surface area contributed by atoms with Crippen molar-refractivity contribution >= 4 is 17.6 Å². The fourth-order valence-electron chi connectivity index (χ4n) is 1.90. The first-order valence-corrected chi connectivity index (χ1v) is 5.54. The minimum absolute atomic E-state index is 0.0723. The van der Waals surface area contributed by atoms with Crippen LogP contribution < -0.4 is 9.64 Å². The van der Waals surface area contributed by atoms with Gasteiger partial charge in [0.15, 0.2) is 0 Å². The van der Waals surface area contributed by atoms with Crippen LogP contribution in [-0.2, 0) is 4.79 Å². The van der Waals surface area contributed by atoms with E-state index in [1.165, 1.54) is 12.0 Å². The third-order valence-electron chi connectivity index (χ3n) is 2.71. The molecule has 5 heteroatoms. The summed E-state index contributed by atoms with van der Waals surface area (Å²) in [6.45, 7) is 4.00. The van der Waals surface area contributed by atoms with E-state index in [-0.39, 0.29) is 18.5 Å². The van der Waals surface area contributed by atoms with Gasteiger partial charge in [0.2, 0.25) is 0 Å². The van der Waals surface area contributed by atoms with Gasteiger partial charge in [-0.1, -0.05) is 18.2 Å². The molecule has 3 amide bonds. The van der Waals surface area contributed by atoms with E-state index < -0.39 is 0 Å². The van der Waals surface area contributed by atoms with Crippen molar-refractivity contribution in [2.45, 2.75) is 0 Å². The summed E-state index contributed by atoms with van der Waals surface area (Å²) in [5.41, 5.74) is 0.474. The summed E-state index contributed by atoms with van der Waals surface area (Å²) in [6.07, 6.45) is 1.59. The van der Waals surface area contributed by atoms with Gasteiger partial charge in [-0.15, -0.1) is 6.58 Å². The molecule has 1 aromatic carbocycles. The second-order valence-electron chi connectivity index (χ2n) is 3.85. The molecule has 0 N–H and O–H groups in total. The summed E-state index contributed by atoms with van der Waals surface area (Å²) in [6, 6.07) is 6.60. The number of rotatable bonds is 4. The van der Waals surface area contributed by atoms with E-state index in [1.54, 1.807) is 30.3 Å². The zero-order valence-corrected chi connectivity index (χ0v) is 10.1. The zero-order valence-electron chi connectivity index (χ0n) is 10.1. The molecule has 0 aliphatic carbocycles. The molecule has 1 heterocycles. The van der Waals surface area contributed by atoms with Crippen molar-refractivity contribution in [2.24, 2.45) is 0 Å². The molecule has 1 aliphatic rings. The Morgan fingerprint density at radius 1 is 1.39 bits per heavy atom. The number of nitrogens with zero attached hydrogens (tertiary/aromatic N) is 2. The molecule has 5 nitrogen and oxygen atoms in total. The number of methoxy groups -OCH3 is 1. The maximum absolute atomic E-state index is 12.1. The number of carbonyl (C=O) groups excluding carboxylic acids is 2. The lowest BCUT2D eigenvalue weighted by Crippen LogP contribution is -2.33. The second-order valence-corrected chi connectivity index (χ2v) is 3.85. The van der Waals surface area contributed by atoms with Crippen LogP contribution in [0.1, 0.15) is 0 Å². The number of hydrogen-bond donors (Lipinski definition) is 0. The van der Waals surface area contributed by atoms with E-state index in [9.17, 15) is 9.59 Å². The lowest BCUT2D eigenvalue weighted by atomic mass is 10.2. The fraction of sp³-hybridized carbons (Fsp3) is 0.231. The highest BCUT2D eigenvalue weighted by atomic mass is 16.5. The molecule has 1 aromatic rings. The smallest absolute Gasteiger partial charge is 0.332 e. The molecule has 0 saturated carbocycles. The fourth-order valence-corrected chi connectivity index (χ4v) is 1.90. The zero-order chi connectivity index (χ0) is 13.1. The number of benzene rings is 1. The Kier molecular flexibility index (Phi) is 3.32. The van der Waals surface area contributed by atoms with Gasteiger partial charge in [0.25, 0.3) is 5.91 Å². The molecule has 94 valence electrons. The SMILES string of the molecule is C=CCN1CC(=O)N(c2ccccc2OC)C1=O. The lowest BCUT2D eigenvalue weighted by Gasteiger charge is -2.17. The van der Waals surface area contributed by atoms with Crippen LogP contribution in [0, 0.1) is 0 Å². The van der Waals surface area contributed by atoms with Crippen LogP contribution in [0.15, 0.2) is 36.9 Å². The third-order valence-corrected chi connectivity index (χ3v) is 2.71. The van der Waals surface area contributed by atoms with Gasteiger partial charge in [-0.05, 0) is 12.1 Å². The average molecular weight is 246 g/mol. The van der Waals surface area contributed by atoms with Crippen LogP contribution in [-0.4, -0.2) is 37.0 Å². The topological polar surface area (TPSA) is 49.9 Å². The predicted molar refractivity (Wildman–Crippen MR) is 67.6 cm³/mol. The summed E-state index contributed by atoms with van der Waals surface area (Å²) in [7, 11) is 1.51. The number of urea groups is 1. The minimum atomic E-state index is -0.343. The number of imide groups is 1. The number of ether oxygens (including phenoxy) is 1. The molecular formula is C13H14N2O3. The van der Waals surface area contributed by atoms with E-state index in [0.29, 0.717) is 18.0 Å². The predicted octanol–water partition coefficient (Wildman–Crippen LogP) is 1.65. The van der Waals surface area contributed by atoms with Crippen LogP contribution in [0.2, 0.25) is 0 Å². The van der Waals surface area contributed by atoms with Crippen molar-refractivity contribution in [3.63, 3.8) is 0 Å². The highest BCUT2D eigenvalue weighted by Gasteiger charge is 2.37. The van der Waals surface area contributed by atoms with Gasteiger partial charge in [0, 0.05) is 6.54 Å². The Morgan fingerprint density at radius 2 is 2.11 bits per heavy atom. The van der Waals surface area contributed by atoms with Crippen molar-refractivity contribution in [2.75, 3.05) is 25.1 Å². The molecule has 0 spiro atoms. The van der Waals surface area contributed by atoms with Gasteiger partial charge in [-0.3, -0.25) is 4.79 Å². The second kappa shape index (κ2) is 4.91. The molecule has 1 fully saturated rings. The van der Waals surface area contributed by atoms with Crippen molar-refractivity contribution in [3.05, 3.63) is 36.9 Å². The maximum Gasteiger partial charge on any atom is 0.332 e. The minimum Gasteiger partial charge on any atom is -0.495 e. The molecule has 1 aliphatic heterocycles. The Morgan fingerprint density at radius 3 is 2.78 bits per heavy atom. The molecule has 0 atom stereocenters. The van der Waals surface area contributed by atoms with E-state index in [2.05, 4.69) is 6.58 Å². The quantitative estimate of drug-likeness (QED) is 0.599. The Bertz CT molecular complexity index is 499. The largest absolute Gasteiger partial charge is 0.495 e. The van der Waals surface area contributed by atoms with Gasteiger partial charge >= 0.3 is 6.03 Å². The third kappa shape index (κ3) is 1.95. The average Bonchev–Trinajstić information content (AvgIpc) is 2.65. The molecule has 0 aromatic heterocycles. The van der Waals surface area contributed by atoms with Crippen molar-refractivity contribution in [3.8, 4) is 5.75 Å². The van der Waals surface area contributed by atoms with Gasteiger partial charge in [-0.25, -0.2) is 9.69 Å². The summed E-state index contributed by atoms with van der Waals surface area (Å²) >= 11 is 0. The van der Waals surface area contributed by atoms with E-state index in [4.69, 9.17) is 4.74 Å². The Balaban J connectivity index is 2.36. The lowest BCUT2D eigenvalue weighted by molar-refractivity contribution is -0.116. The van der Waals surface area contributed by atoms with E-state index in [1.807, 2.05) is 0 Å². The summed E-state index contributed by atoms with van der Waals surface area (Å²) in [5, 5.41) is 0. The number of carbonyl (C=O) groups is 2. The monoisotopic (exact) mass is 246 g/mol. The number of anilines is 1. The molecule has 2 rings (SSSR count). The van der Waals surface area contributed by atoms with E-state index >= 15 is 0 Å². The first kappa shape index (κ1) is 12.2. The van der Waals surface area contributed by atoms with Crippen LogP contribution in [0.3, 0.4) is 0 Å². The Labute approximate surface area is 105 Å². The first-order chi connectivity index (χ1) is 8.69. The summed E-state index contributed by atoms with van der Waals surface area (Å²) in [5.74, 6) is 0.242.